The molecule has 1 aromatic carbocycles. The van der Waals surface area contributed by atoms with E-state index in [2.05, 4.69) is 6.58 Å². The van der Waals surface area contributed by atoms with Crippen molar-refractivity contribution in [2.75, 3.05) is 23.2 Å². The fourth-order valence-electron chi connectivity index (χ4n) is 1.84. The number of anilines is 1. The second-order valence-electron chi connectivity index (χ2n) is 3.83. The first-order chi connectivity index (χ1) is 8.56. The summed E-state index contributed by atoms with van der Waals surface area (Å²) in [5.74, 6) is -0.0890. The lowest BCUT2D eigenvalue weighted by Gasteiger charge is -2.24. The number of hydrogen-bond donors (Lipinski definition) is 1. The van der Waals surface area contributed by atoms with Crippen molar-refractivity contribution in [1.29, 1.82) is 0 Å². The summed E-state index contributed by atoms with van der Waals surface area (Å²) in [7, 11) is -3.38. The Kier molecular flexibility index (Phi) is 5.37. The third-order valence-corrected chi connectivity index (χ3v) is 4.38. The van der Waals surface area contributed by atoms with Crippen LogP contribution in [0.25, 0.3) is 0 Å². The summed E-state index contributed by atoms with van der Waals surface area (Å²) in [6, 6.07) is 7.22. The molecule has 18 heavy (non-hydrogen) atoms. The molecule has 0 bridgehead atoms. The smallest absolute Gasteiger partial charge is 0.238 e. The Morgan fingerprint density at radius 2 is 2.06 bits per heavy atom. The molecular formula is C13H19NO3S. The zero-order valence-electron chi connectivity index (χ0n) is 10.5. The minimum atomic E-state index is -3.38. The normalized spacial score (nSPS) is 11.2. The third-order valence-electron chi connectivity index (χ3n) is 2.59. The van der Waals surface area contributed by atoms with E-state index >= 15 is 0 Å². The van der Waals surface area contributed by atoms with Crippen molar-refractivity contribution in [3.05, 3.63) is 42.5 Å². The molecule has 0 unspecified atom stereocenters. The van der Waals surface area contributed by atoms with Crippen LogP contribution in [-0.2, 0) is 16.4 Å². The third kappa shape index (κ3) is 3.34. The summed E-state index contributed by atoms with van der Waals surface area (Å²) in [5, 5.41) is 9.02. The van der Waals surface area contributed by atoms with Crippen LogP contribution >= 0.6 is 0 Å². The van der Waals surface area contributed by atoms with Gasteiger partial charge in [-0.1, -0.05) is 24.3 Å². The Hall–Kier alpha value is -1.33. The predicted molar refractivity (Wildman–Crippen MR) is 74.2 cm³/mol. The molecule has 0 saturated carbocycles. The van der Waals surface area contributed by atoms with Crippen molar-refractivity contribution in [3.63, 3.8) is 0 Å². The maximum absolute atomic E-state index is 12.1. The van der Waals surface area contributed by atoms with E-state index in [4.69, 9.17) is 5.11 Å². The van der Waals surface area contributed by atoms with Crippen molar-refractivity contribution in [1.82, 2.24) is 0 Å². The summed E-state index contributed by atoms with van der Waals surface area (Å²) >= 11 is 0. The molecule has 0 spiro atoms. The van der Waals surface area contributed by atoms with Crippen molar-refractivity contribution < 1.29 is 13.5 Å². The molecule has 1 aromatic rings. The largest absolute Gasteiger partial charge is 0.396 e. The highest BCUT2D eigenvalue weighted by molar-refractivity contribution is 7.92. The first kappa shape index (κ1) is 14.7. The molecule has 0 heterocycles. The molecule has 4 nitrogen and oxygen atoms in total. The van der Waals surface area contributed by atoms with E-state index in [1.165, 1.54) is 10.4 Å². The number of benzene rings is 1. The van der Waals surface area contributed by atoms with Crippen molar-refractivity contribution in [2.24, 2.45) is 0 Å². The number of sulfonamides is 1. The highest BCUT2D eigenvalue weighted by Crippen LogP contribution is 2.23. The molecule has 0 aliphatic heterocycles. The number of hydrogen-bond acceptors (Lipinski definition) is 3. The van der Waals surface area contributed by atoms with Crippen LogP contribution in [-0.4, -0.2) is 32.4 Å². The minimum Gasteiger partial charge on any atom is -0.396 e. The first-order valence-corrected chi connectivity index (χ1v) is 7.47. The number of aliphatic hydroxyl groups is 1. The molecule has 0 aliphatic rings. The zero-order chi connectivity index (χ0) is 13.6. The highest BCUT2D eigenvalue weighted by Gasteiger charge is 2.21. The number of nitrogens with zero attached hydrogens (tertiary/aromatic N) is 1. The molecule has 100 valence electrons. The molecule has 0 radical (unpaired) electrons. The second kappa shape index (κ2) is 6.56. The van der Waals surface area contributed by atoms with Crippen LogP contribution in [0, 0.1) is 0 Å². The molecule has 5 heteroatoms. The van der Waals surface area contributed by atoms with Gasteiger partial charge in [0.1, 0.15) is 0 Å². The molecule has 0 aliphatic carbocycles. The summed E-state index contributed by atoms with van der Waals surface area (Å²) in [6.07, 6.45) is 1.82. The minimum absolute atomic E-state index is 0.00390. The first-order valence-electron chi connectivity index (χ1n) is 5.87. The van der Waals surface area contributed by atoms with Gasteiger partial charge in [-0.25, -0.2) is 8.42 Å². The van der Waals surface area contributed by atoms with Crippen LogP contribution < -0.4 is 4.31 Å². The monoisotopic (exact) mass is 269 g/mol. The van der Waals surface area contributed by atoms with E-state index in [1.54, 1.807) is 19.1 Å². The Morgan fingerprint density at radius 1 is 1.39 bits per heavy atom. The van der Waals surface area contributed by atoms with Gasteiger partial charge in [-0.15, -0.1) is 6.58 Å². The number of aliphatic hydroxyl groups excluding tert-OH is 1. The van der Waals surface area contributed by atoms with Gasteiger partial charge in [0.15, 0.2) is 0 Å². The summed E-state index contributed by atoms with van der Waals surface area (Å²) in [5.41, 5.74) is 1.46. The quantitative estimate of drug-likeness (QED) is 0.764. The van der Waals surface area contributed by atoms with Gasteiger partial charge in [-0.3, -0.25) is 4.31 Å². The van der Waals surface area contributed by atoms with Gasteiger partial charge in [-0.2, -0.15) is 0 Å². The van der Waals surface area contributed by atoms with Gasteiger partial charge in [0.05, 0.1) is 11.4 Å². The lowest BCUT2D eigenvalue weighted by Crippen LogP contribution is -2.33. The maximum Gasteiger partial charge on any atom is 0.238 e. The highest BCUT2D eigenvalue weighted by atomic mass is 32.2. The summed E-state index contributed by atoms with van der Waals surface area (Å²) in [4.78, 5) is 0. The van der Waals surface area contributed by atoms with Gasteiger partial charge in [0.2, 0.25) is 10.0 Å². The van der Waals surface area contributed by atoms with Gasteiger partial charge in [0.25, 0.3) is 0 Å². The average molecular weight is 269 g/mol. The molecule has 1 rings (SSSR count). The molecule has 0 fully saturated rings. The Morgan fingerprint density at radius 3 is 2.61 bits per heavy atom. The van der Waals surface area contributed by atoms with Crippen molar-refractivity contribution in [3.8, 4) is 0 Å². The fraction of sp³-hybridized carbons (Fsp3) is 0.385. The molecule has 0 amide bonds. The van der Waals surface area contributed by atoms with E-state index < -0.39 is 10.0 Å². The van der Waals surface area contributed by atoms with Crippen LogP contribution in [0.1, 0.15) is 12.5 Å². The standard InChI is InChI=1S/C13H19NO3S/c1-3-11-18(16,17)14(4-2)13-8-6-5-7-12(13)9-10-15/h3,5-8,15H,1,4,9-11H2,2H3. The predicted octanol–water partition coefficient (Wildman–Crippen LogP) is 1.56. The van der Waals surface area contributed by atoms with Gasteiger partial charge in [0, 0.05) is 13.2 Å². The molecule has 0 saturated heterocycles. The average Bonchev–Trinajstić information content (AvgIpc) is 2.32. The summed E-state index contributed by atoms with van der Waals surface area (Å²) < 4.78 is 25.6. The van der Waals surface area contributed by atoms with Crippen molar-refractivity contribution >= 4 is 15.7 Å². The van der Waals surface area contributed by atoms with Gasteiger partial charge < -0.3 is 5.11 Å². The molecule has 0 atom stereocenters. The Bertz CT molecular complexity index is 497. The lowest BCUT2D eigenvalue weighted by atomic mass is 10.1. The fourth-order valence-corrected chi connectivity index (χ4v) is 3.19. The maximum atomic E-state index is 12.1. The van der Waals surface area contributed by atoms with E-state index in [0.29, 0.717) is 18.7 Å². The number of para-hydroxylation sites is 1. The zero-order valence-corrected chi connectivity index (χ0v) is 11.4. The topological polar surface area (TPSA) is 57.6 Å². The Balaban J connectivity index is 3.20. The Labute approximate surface area is 109 Å². The SMILES string of the molecule is C=CCS(=O)(=O)N(CC)c1ccccc1CCO. The molecular weight excluding hydrogens is 250 g/mol. The van der Waals surface area contributed by atoms with E-state index in [9.17, 15) is 8.42 Å². The van der Waals surface area contributed by atoms with Crippen LogP contribution in [0.15, 0.2) is 36.9 Å². The van der Waals surface area contributed by atoms with E-state index in [0.717, 1.165) is 5.56 Å². The van der Waals surface area contributed by atoms with Crippen molar-refractivity contribution in [2.45, 2.75) is 13.3 Å². The second-order valence-corrected chi connectivity index (χ2v) is 5.77. The number of rotatable bonds is 7. The van der Waals surface area contributed by atoms with Gasteiger partial charge >= 0.3 is 0 Å². The van der Waals surface area contributed by atoms with Gasteiger partial charge in [-0.05, 0) is 25.0 Å². The summed E-state index contributed by atoms with van der Waals surface area (Å²) in [6.45, 7) is 5.61. The van der Waals surface area contributed by atoms with Crippen LogP contribution in [0.5, 0.6) is 0 Å². The van der Waals surface area contributed by atoms with E-state index in [1.807, 2.05) is 12.1 Å². The van der Waals surface area contributed by atoms with Crippen LogP contribution in [0.3, 0.4) is 0 Å². The molecule has 0 aromatic heterocycles. The lowest BCUT2D eigenvalue weighted by molar-refractivity contribution is 0.299. The van der Waals surface area contributed by atoms with E-state index in [-0.39, 0.29) is 12.4 Å². The van der Waals surface area contributed by atoms with Crippen LogP contribution in [0.4, 0.5) is 5.69 Å². The molecule has 1 N–H and O–H groups in total. The van der Waals surface area contributed by atoms with Crippen LogP contribution in [0.2, 0.25) is 0 Å².